The Kier molecular flexibility index (Phi) is 5.67. The zero-order valence-electron chi connectivity index (χ0n) is 12.0. The van der Waals surface area contributed by atoms with E-state index in [1.165, 1.54) is 31.2 Å². The van der Waals surface area contributed by atoms with Crippen molar-refractivity contribution < 1.29 is 9.47 Å². The Morgan fingerprint density at radius 1 is 1.37 bits per heavy atom. The number of hydrogen-bond acceptors (Lipinski definition) is 3. The molecule has 1 fully saturated rings. The summed E-state index contributed by atoms with van der Waals surface area (Å²) in [6.45, 7) is 0.952. The fourth-order valence-corrected chi connectivity index (χ4v) is 2.65. The van der Waals surface area contributed by atoms with Crippen LogP contribution in [0.15, 0.2) is 24.3 Å². The summed E-state index contributed by atoms with van der Waals surface area (Å²) in [6.07, 6.45) is 6.36. The van der Waals surface area contributed by atoms with Crippen LogP contribution in [0.2, 0.25) is 0 Å². The second kappa shape index (κ2) is 7.51. The van der Waals surface area contributed by atoms with Crippen molar-refractivity contribution in [2.75, 3.05) is 20.8 Å². The predicted molar refractivity (Wildman–Crippen MR) is 77.8 cm³/mol. The molecule has 3 nitrogen and oxygen atoms in total. The Labute approximate surface area is 116 Å². The molecule has 1 aliphatic heterocycles. The Bertz CT molecular complexity index is 358. The third-order valence-corrected chi connectivity index (χ3v) is 3.91. The summed E-state index contributed by atoms with van der Waals surface area (Å²) in [6, 6.07) is 8.88. The van der Waals surface area contributed by atoms with Crippen molar-refractivity contribution in [2.45, 2.75) is 44.2 Å². The number of rotatable bonds is 7. The van der Waals surface area contributed by atoms with E-state index in [1.54, 1.807) is 7.11 Å². The van der Waals surface area contributed by atoms with Crippen LogP contribution in [0.3, 0.4) is 0 Å². The van der Waals surface area contributed by atoms with Gasteiger partial charge in [-0.05, 0) is 56.8 Å². The van der Waals surface area contributed by atoms with E-state index < -0.39 is 0 Å². The van der Waals surface area contributed by atoms with Crippen molar-refractivity contribution in [1.29, 1.82) is 0 Å². The summed E-state index contributed by atoms with van der Waals surface area (Å²) in [7, 11) is 3.75. The molecule has 0 radical (unpaired) electrons. The second-order valence-electron chi connectivity index (χ2n) is 5.25. The molecule has 0 spiro atoms. The first-order valence-electron chi connectivity index (χ1n) is 7.23. The lowest BCUT2D eigenvalue weighted by Crippen LogP contribution is -2.28. The van der Waals surface area contributed by atoms with Gasteiger partial charge >= 0.3 is 0 Å². The van der Waals surface area contributed by atoms with Gasteiger partial charge < -0.3 is 14.8 Å². The van der Waals surface area contributed by atoms with E-state index in [9.17, 15) is 0 Å². The molecule has 0 saturated carbocycles. The summed E-state index contributed by atoms with van der Waals surface area (Å²) in [4.78, 5) is 0. The largest absolute Gasteiger partial charge is 0.497 e. The summed E-state index contributed by atoms with van der Waals surface area (Å²) in [5.41, 5.74) is 1.35. The van der Waals surface area contributed by atoms with Crippen molar-refractivity contribution >= 4 is 0 Å². The van der Waals surface area contributed by atoms with Crippen molar-refractivity contribution in [3.63, 3.8) is 0 Å². The molecule has 1 aromatic rings. The predicted octanol–water partition coefficient (Wildman–Crippen LogP) is 2.78. The van der Waals surface area contributed by atoms with Gasteiger partial charge in [0.1, 0.15) is 5.75 Å². The average molecular weight is 263 g/mol. The van der Waals surface area contributed by atoms with Crippen molar-refractivity contribution in [3.8, 4) is 5.75 Å². The topological polar surface area (TPSA) is 30.5 Å². The van der Waals surface area contributed by atoms with Gasteiger partial charge in [-0.1, -0.05) is 12.1 Å². The van der Waals surface area contributed by atoms with Crippen LogP contribution >= 0.6 is 0 Å². The molecule has 0 aliphatic carbocycles. The second-order valence-corrected chi connectivity index (χ2v) is 5.25. The maximum absolute atomic E-state index is 5.68. The first kappa shape index (κ1) is 14.4. The molecular formula is C16H25NO2. The summed E-state index contributed by atoms with van der Waals surface area (Å²) < 4.78 is 10.9. The van der Waals surface area contributed by atoms with E-state index in [0.29, 0.717) is 12.1 Å². The summed E-state index contributed by atoms with van der Waals surface area (Å²) in [5, 5.41) is 3.42. The smallest absolute Gasteiger partial charge is 0.118 e. The normalized spacial score (nSPS) is 20.4. The van der Waals surface area contributed by atoms with E-state index in [4.69, 9.17) is 9.47 Å². The monoisotopic (exact) mass is 263 g/mol. The lowest BCUT2D eigenvalue weighted by atomic mass is 9.99. The molecule has 19 heavy (non-hydrogen) atoms. The van der Waals surface area contributed by atoms with Crippen LogP contribution in [0, 0.1) is 0 Å². The number of benzene rings is 1. The van der Waals surface area contributed by atoms with Crippen LogP contribution in [0.25, 0.3) is 0 Å². The highest BCUT2D eigenvalue weighted by Gasteiger charge is 2.17. The lowest BCUT2D eigenvalue weighted by Gasteiger charge is -2.18. The number of nitrogens with one attached hydrogen (secondary N) is 1. The molecule has 1 N–H and O–H groups in total. The van der Waals surface area contributed by atoms with Crippen LogP contribution in [-0.4, -0.2) is 32.9 Å². The lowest BCUT2D eigenvalue weighted by molar-refractivity contribution is 0.0998. The van der Waals surface area contributed by atoms with Crippen molar-refractivity contribution in [1.82, 2.24) is 5.32 Å². The maximum atomic E-state index is 5.68. The molecule has 0 amide bonds. The van der Waals surface area contributed by atoms with E-state index >= 15 is 0 Å². The van der Waals surface area contributed by atoms with Crippen LogP contribution in [-0.2, 0) is 11.2 Å². The molecule has 1 saturated heterocycles. The quantitative estimate of drug-likeness (QED) is 0.820. The molecule has 0 bridgehead atoms. The number of ether oxygens (including phenoxy) is 2. The third-order valence-electron chi connectivity index (χ3n) is 3.91. The molecule has 106 valence electrons. The molecule has 2 atom stereocenters. The molecule has 1 heterocycles. The molecule has 3 heteroatoms. The Morgan fingerprint density at radius 2 is 2.16 bits per heavy atom. The van der Waals surface area contributed by atoms with Gasteiger partial charge in [0.2, 0.25) is 0 Å². The summed E-state index contributed by atoms with van der Waals surface area (Å²) in [5.74, 6) is 0.920. The van der Waals surface area contributed by atoms with E-state index in [2.05, 4.69) is 17.4 Å². The maximum Gasteiger partial charge on any atom is 0.118 e. The first-order chi connectivity index (χ1) is 9.31. The molecule has 0 aromatic heterocycles. The molecule has 1 aliphatic rings. The van der Waals surface area contributed by atoms with Gasteiger partial charge in [-0.2, -0.15) is 0 Å². The third kappa shape index (κ3) is 4.51. The first-order valence-corrected chi connectivity index (χ1v) is 7.23. The van der Waals surface area contributed by atoms with Crippen molar-refractivity contribution in [3.05, 3.63) is 29.8 Å². The molecule has 2 unspecified atom stereocenters. The highest BCUT2D eigenvalue weighted by molar-refractivity contribution is 5.27. The summed E-state index contributed by atoms with van der Waals surface area (Å²) >= 11 is 0. The molecule has 1 aromatic carbocycles. The average Bonchev–Trinajstić information content (AvgIpc) is 2.97. The SMILES string of the molecule is CNC(CCC1CCCO1)Cc1ccc(OC)cc1. The minimum absolute atomic E-state index is 0.492. The van der Waals surface area contributed by atoms with Crippen molar-refractivity contribution in [2.24, 2.45) is 0 Å². The van der Waals surface area contributed by atoms with Crippen LogP contribution in [0.1, 0.15) is 31.2 Å². The number of likely N-dealkylation sites (N-methyl/N-ethyl adjacent to an activating group) is 1. The fourth-order valence-electron chi connectivity index (χ4n) is 2.65. The zero-order valence-corrected chi connectivity index (χ0v) is 12.0. The van der Waals surface area contributed by atoms with E-state index in [0.717, 1.165) is 18.8 Å². The Morgan fingerprint density at radius 3 is 2.74 bits per heavy atom. The minimum atomic E-state index is 0.492. The zero-order chi connectivity index (χ0) is 13.5. The Balaban J connectivity index is 1.79. The number of hydrogen-bond donors (Lipinski definition) is 1. The molecule has 2 rings (SSSR count). The standard InChI is InChI=1S/C16H25NO2/c1-17-14(7-10-16-4-3-11-19-16)12-13-5-8-15(18-2)9-6-13/h5-6,8-9,14,16-17H,3-4,7,10-12H2,1-2H3. The molecular weight excluding hydrogens is 238 g/mol. The van der Waals surface area contributed by atoms with Gasteiger partial charge in [-0.15, -0.1) is 0 Å². The minimum Gasteiger partial charge on any atom is -0.497 e. The Hall–Kier alpha value is -1.06. The van der Waals surface area contributed by atoms with Gasteiger partial charge in [0.05, 0.1) is 13.2 Å². The highest BCUT2D eigenvalue weighted by Crippen LogP contribution is 2.19. The van der Waals surface area contributed by atoms with E-state index in [-0.39, 0.29) is 0 Å². The van der Waals surface area contributed by atoms with E-state index in [1.807, 2.05) is 19.2 Å². The fraction of sp³-hybridized carbons (Fsp3) is 0.625. The van der Waals surface area contributed by atoms with Crippen LogP contribution in [0.4, 0.5) is 0 Å². The van der Waals surface area contributed by atoms with Gasteiger partial charge in [-0.25, -0.2) is 0 Å². The van der Waals surface area contributed by atoms with Gasteiger partial charge in [0, 0.05) is 12.6 Å². The van der Waals surface area contributed by atoms with Crippen LogP contribution in [0.5, 0.6) is 5.75 Å². The highest BCUT2D eigenvalue weighted by atomic mass is 16.5. The van der Waals surface area contributed by atoms with Gasteiger partial charge in [0.25, 0.3) is 0 Å². The van der Waals surface area contributed by atoms with Gasteiger partial charge in [0.15, 0.2) is 0 Å². The number of methoxy groups -OCH3 is 1. The van der Waals surface area contributed by atoms with Crippen LogP contribution < -0.4 is 10.1 Å². The van der Waals surface area contributed by atoms with Gasteiger partial charge in [-0.3, -0.25) is 0 Å².